The summed E-state index contributed by atoms with van der Waals surface area (Å²) in [5, 5.41) is 3.17. The number of carbonyl (C=O) groups excluding carboxylic acids is 2. The highest BCUT2D eigenvalue weighted by molar-refractivity contribution is 7.18. The van der Waals surface area contributed by atoms with Gasteiger partial charge < -0.3 is 9.30 Å². The minimum atomic E-state index is -0.306. The molecule has 0 atom stereocenters. The van der Waals surface area contributed by atoms with E-state index in [1.54, 1.807) is 30.5 Å². The van der Waals surface area contributed by atoms with Gasteiger partial charge in [0.15, 0.2) is 10.9 Å². The van der Waals surface area contributed by atoms with E-state index in [1.165, 1.54) is 18.3 Å². The molecule has 2 heterocycles. The Morgan fingerprint density at radius 3 is 2.48 bits per heavy atom. The topological polar surface area (TPSA) is 86.1 Å². The van der Waals surface area contributed by atoms with Crippen LogP contribution in [-0.4, -0.2) is 26.2 Å². The zero-order valence-electron chi connectivity index (χ0n) is 17.0. The summed E-state index contributed by atoms with van der Waals surface area (Å²) in [5.74, 6) is 1.05. The van der Waals surface area contributed by atoms with E-state index in [0.29, 0.717) is 33.6 Å². The van der Waals surface area contributed by atoms with Gasteiger partial charge in [-0.3, -0.25) is 14.9 Å². The number of Topliss-reactive ketones (excluding diaryl/α,β-unsaturated/α-hetero) is 1. The molecule has 0 spiro atoms. The molecule has 7 nitrogen and oxygen atoms in total. The lowest BCUT2D eigenvalue weighted by Gasteiger charge is -2.07. The number of aromatic nitrogens is 3. The van der Waals surface area contributed by atoms with Crippen LogP contribution < -0.4 is 10.1 Å². The molecular formula is C23H20N4O3S. The summed E-state index contributed by atoms with van der Waals surface area (Å²) in [6.45, 7) is 1.83. The molecule has 8 heteroatoms. The van der Waals surface area contributed by atoms with E-state index < -0.39 is 0 Å². The van der Waals surface area contributed by atoms with Crippen LogP contribution >= 0.6 is 11.3 Å². The van der Waals surface area contributed by atoms with Crippen LogP contribution in [0, 0.1) is 0 Å². The highest BCUT2D eigenvalue weighted by Gasteiger charge is 2.18. The lowest BCUT2D eigenvalue weighted by atomic mass is 10.1. The van der Waals surface area contributed by atoms with Gasteiger partial charge in [-0.2, -0.15) is 0 Å². The molecule has 0 unspecified atom stereocenters. The minimum absolute atomic E-state index is 0.0916. The van der Waals surface area contributed by atoms with Crippen molar-refractivity contribution in [2.45, 2.75) is 13.5 Å². The summed E-state index contributed by atoms with van der Waals surface area (Å²) in [6, 6.07) is 16.3. The van der Waals surface area contributed by atoms with Crippen molar-refractivity contribution in [1.29, 1.82) is 0 Å². The van der Waals surface area contributed by atoms with Gasteiger partial charge in [-0.25, -0.2) is 9.97 Å². The summed E-state index contributed by atoms with van der Waals surface area (Å²) >= 11 is 1.17. The number of aryl methyl sites for hydroxylation is 1. The third-order valence-corrected chi connectivity index (χ3v) is 5.69. The number of ketones is 1. The van der Waals surface area contributed by atoms with Crippen molar-refractivity contribution in [3.63, 3.8) is 0 Å². The Balaban J connectivity index is 1.45. The summed E-state index contributed by atoms with van der Waals surface area (Å²) in [6.07, 6.45) is 3.57. The molecule has 2 aromatic heterocycles. The number of hydrogen-bond acceptors (Lipinski definition) is 6. The lowest BCUT2D eigenvalue weighted by molar-refractivity contribution is 0.101. The quantitative estimate of drug-likeness (QED) is 0.432. The van der Waals surface area contributed by atoms with E-state index in [9.17, 15) is 9.59 Å². The summed E-state index contributed by atoms with van der Waals surface area (Å²) < 4.78 is 7.60. The molecule has 0 aliphatic heterocycles. The Morgan fingerprint density at radius 1 is 1.10 bits per heavy atom. The molecule has 0 bridgehead atoms. The molecule has 4 aromatic rings. The maximum atomic E-state index is 12.7. The predicted molar refractivity (Wildman–Crippen MR) is 119 cm³/mol. The van der Waals surface area contributed by atoms with Gasteiger partial charge >= 0.3 is 0 Å². The number of nitrogens with zero attached hydrogens (tertiary/aromatic N) is 3. The third kappa shape index (κ3) is 4.70. The Hall–Kier alpha value is -3.78. The number of nitrogens with one attached hydrogen (secondary N) is 1. The first-order valence-electron chi connectivity index (χ1n) is 9.59. The molecule has 2 aromatic carbocycles. The van der Waals surface area contributed by atoms with Crippen molar-refractivity contribution in [2.75, 3.05) is 5.32 Å². The van der Waals surface area contributed by atoms with Crippen LogP contribution in [0.1, 0.15) is 32.8 Å². The van der Waals surface area contributed by atoms with Crippen molar-refractivity contribution >= 4 is 28.2 Å². The number of thiazole rings is 1. The average Bonchev–Trinajstić information content (AvgIpc) is 3.39. The first-order chi connectivity index (χ1) is 15.0. The summed E-state index contributed by atoms with van der Waals surface area (Å²) in [4.78, 5) is 33.9. The van der Waals surface area contributed by atoms with E-state index in [2.05, 4.69) is 15.3 Å². The van der Waals surface area contributed by atoms with Crippen LogP contribution in [0.5, 0.6) is 5.75 Å². The van der Waals surface area contributed by atoms with Crippen molar-refractivity contribution < 1.29 is 14.3 Å². The largest absolute Gasteiger partial charge is 0.486 e. The van der Waals surface area contributed by atoms with Gasteiger partial charge in [0.1, 0.15) is 18.2 Å². The molecule has 156 valence electrons. The first kappa shape index (κ1) is 20.5. The maximum Gasteiger partial charge on any atom is 0.257 e. The van der Waals surface area contributed by atoms with Crippen molar-refractivity contribution in [3.05, 3.63) is 83.3 Å². The lowest BCUT2D eigenvalue weighted by Crippen LogP contribution is -2.11. The number of rotatable bonds is 7. The monoisotopic (exact) mass is 432 g/mol. The molecular weight excluding hydrogens is 412 g/mol. The molecule has 1 amide bonds. The normalized spacial score (nSPS) is 10.6. The standard InChI is InChI=1S/C23H20N4O3S/c1-15(28)21-20(16-6-4-3-5-7-16)25-23(31-21)26-22(29)17-8-10-18(11-9-17)30-14-19-24-12-13-27(19)2/h3-13H,14H2,1-2H3,(H,25,26,29). The first-order valence-corrected chi connectivity index (χ1v) is 10.4. The van der Waals surface area contributed by atoms with Crippen LogP contribution in [0.25, 0.3) is 11.3 Å². The van der Waals surface area contributed by atoms with Crippen LogP contribution in [-0.2, 0) is 13.7 Å². The fourth-order valence-corrected chi connectivity index (χ4v) is 3.84. The zero-order valence-corrected chi connectivity index (χ0v) is 17.8. The van der Waals surface area contributed by atoms with E-state index >= 15 is 0 Å². The van der Waals surface area contributed by atoms with Crippen LogP contribution in [0.15, 0.2) is 67.0 Å². The highest BCUT2D eigenvalue weighted by atomic mass is 32.1. The number of benzene rings is 2. The minimum Gasteiger partial charge on any atom is -0.486 e. The van der Waals surface area contributed by atoms with Crippen molar-refractivity contribution in [1.82, 2.24) is 14.5 Å². The van der Waals surface area contributed by atoms with Gasteiger partial charge in [0.05, 0.1) is 10.6 Å². The molecule has 0 radical (unpaired) electrons. The SMILES string of the molecule is CC(=O)c1sc(NC(=O)c2ccc(OCc3nccn3C)cc2)nc1-c1ccccc1. The molecule has 0 saturated carbocycles. The van der Waals surface area contributed by atoms with Crippen LogP contribution in [0.3, 0.4) is 0 Å². The Labute approximate surface area is 183 Å². The number of ether oxygens (including phenoxy) is 1. The predicted octanol–water partition coefficient (Wildman–Crippen LogP) is 4.58. The Kier molecular flexibility index (Phi) is 5.90. The fourth-order valence-electron chi connectivity index (χ4n) is 2.96. The molecule has 0 fully saturated rings. The smallest absolute Gasteiger partial charge is 0.257 e. The van der Waals surface area contributed by atoms with Gasteiger partial charge in [0, 0.05) is 37.5 Å². The van der Waals surface area contributed by atoms with E-state index in [0.717, 1.165) is 11.4 Å². The molecule has 4 rings (SSSR count). The fraction of sp³-hybridized carbons (Fsp3) is 0.130. The van der Waals surface area contributed by atoms with Crippen molar-refractivity contribution in [3.8, 4) is 17.0 Å². The highest BCUT2D eigenvalue weighted by Crippen LogP contribution is 2.31. The Morgan fingerprint density at radius 2 is 1.84 bits per heavy atom. The van der Waals surface area contributed by atoms with Crippen LogP contribution in [0.2, 0.25) is 0 Å². The van der Waals surface area contributed by atoms with Gasteiger partial charge in [-0.1, -0.05) is 41.7 Å². The number of hydrogen-bond donors (Lipinski definition) is 1. The summed E-state index contributed by atoms with van der Waals surface area (Å²) in [5.41, 5.74) is 1.87. The molecule has 31 heavy (non-hydrogen) atoms. The Bertz CT molecular complexity index is 1210. The second-order valence-corrected chi connectivity index (χ2v) is 7.84. The summed E-state index contributed by atoms with van der Waals surface area (Å²) in [7, 11) is 1.90. The van der Waals surface area contributed by atoms with E-state index in [4.69, 9.17) is 4.74 Å². The van der Waals surface area contributed by atoms with E-state index in [-0.39, 0.29) is 11.7 Å². The van der Waals surface area contributed by atoms with Gasteiger partial charge in [0.2, 0.25) is 0 Å². The maximum absolute atomic E-state index is 12.7. The number of carbonyl (C=O) groups is 2. The molecule has 0 saturated heterocycles. The van der Waals surface area contributed by atoms with Crippen LogP contribution in [0.4, 0.5) is 5.13 Å². The number of imidazole rings is 1. The number of amides is 1. The number of anilines is 1. The average molecular weight is 433 g/mol. The van der Waals surface area contributed by atoms with Gasteiger partial charge in [-0.05, 0) is 24.3 Å². The second-order valence-electron chi connectivity index (χ2n) is 6.84. The molecule has 0 aliphatic rings. The molecule has 0 aliphatic carbocycles. The van der Waals surface area contributed by atoms with E-state index in [1.807, 2.05) is 48.1 Å². The molecule has 1 N–H and O–H groups in total. The second kappa shape index (κ2) is 8.93. The van der Waals surface area contributed by atoms with Gasteiger partial charge in [-0.15, -0.1) is 0 Å². The van der Waals surface area contributed by atoms with Gasteiger partial charge in [0.25, 0.3) is 5.91 Å². The zero-order chi connectivity index (χ0) is 21.8. The van der Waals surface area contributed by atoms with Crippen molar-refractivity contribution in [2.24, 2.45) is 7.05 Å². The third-order valence-electron chi connectivity index (χ3n) is 4.62.